The number of carbonyl (C=O) groups excluding carboxylic acids is 1. The minimum atomic E-state index is -4.92. The van der Waals surface area contributed by atoms with Crippen molar-refractivity contribution in [3.63, 3.8) is 0 Å². The molecule has 2 aromatic rings. The molecule has 2 unspecified atom stereocenters. The van der Waals surface area contributed by atoms with Gasteiger partial charge in [-0.1, -0.05) is 57.2 Å². The van der Waals surface area contributed by atoms with E-state index >= 15 is 0 Å². The third kappa shape index (κ3) is 5.42. The van der Waals surface area contributed by atoms with E-state index in [0.717, 1.165) is 31.6 Å². The van der Waals surface area contributed by atoms with E-state index in [-0.39, 0.29) is 35.4 Å². The van der Waals surface area contributed by atoms with E-state index in [0.29, 0.717) is 31.8 Å². The molecule has 2 heterocycles. The summed E-state index contributed by atoms with van der Waals surface area (Å²) in [5.74, 6) is 0.170. The summed E-state index contributed by atoms with van der Waals surface area (Å²) < 4.78 is 80.2. The van der Waals surface area contributed by atoms with Crippen LogP contribution in [0, 0.1) is 17.3 Å². The first-order chi connectivity index (χ1) is 19.2. The highest BCUT2D eigenvalue weighted by atomic mass is 19.4. The summed E-state index contributed by atoms with van der Waals surface area (Å²) in [5, 5.41) is 0. The fourth-order valence-electron chi connectivity index (χ4n) is 7.23. The number of piperidine rings is 1. The van der Waals surface area contributed by atoms with E-state index in [1.54, 1.807) is 0 Å². The van der Waals surface area contributed by atoms with E-state index in [1.807, 2.05) is 13.8 Å². The lowest BCUT2D eigenvalue weighted by molar-refractivity contribution is -0.143. The van der Waals surface area contributed by atoms with E-state index in [9.17, 15) is 31.1 Å². The summed E-state index contributed by atoms with van der Waals surface area (Å²) >= 11 is 0. The van der Waals surface area contributed by atoms with Crippen molar-refractivity contribution in [1.82, 2.24) is 9.80 Å². The van der Waals surface area contributed by atoms with Crippen LogP contribution in [0.15, 0.2) is 48.5 Å². The van der Waals surface area contributed by atoms with Gasteiger partial charge in [0.15, 0.2) is 0 Å². The van der Waals surface area contributed by atoms with Crippen LogP contribution in [0.3, 0.4) is 0 Å². The van der Waals surface area contributed by atoms with Crippen molar-refractivity contribution in [2.75, 3.05) is 26.2 Å². The number of hydrogen-bond acceptors (Lipinski definition) is 2. The molecule has 1 amide bonds. The first kappa shape index (κ1) is 29.7. The molecular weight excluding hydrogens is 542 g/mol. The third-order valence-corrected chi connectivity index (χ3v) is 9.82. The Labute approximate surface area is 237 Å². The molecule has 0 saturated carbocycles. The molecule has 3 nitrogen and oxygen atoms in total. The largest absolute Gasteiger partial charge is 0.416 e. The second-order valence-corrected chi connectivity index (χ2v) is 12.4. The summed E-state index contributed by atoms with van der Waals surface area (Å²) in [6.45, 7) is 8.72. The van der Waals surface area contributed by atoms with Gasteiger partial charge in [0.2, 0.25) is 5.91 Å². The Bertz CT molecular complexity index is 1300. The van der Waals surface area contributed by atoms with Crippen molar-refractivity contribution in [3.05, 3.63) is 76.4 Å². The Balaban J connectivity index is 1.28. The van der Waals surface area contributed by atoms with Gasteiger partial charge >= 0.3 is 12.4 Å². The highest BCUT2D eigenvalue weighted by Gasteiger charge is 2.50. The van der Waals surface area contributed by atoms with Crippen molar-refractivity contribution in [2.45, 2.75) is 64.3 Å². The number of hydrogen-bond donors (Lipinski definition) is 0. The van der Waals surface area contributed by atoms with Gasteiger partial charge in [-0.2, -0.15) is 26.3 Å². The van der Waals surface area contributed by atoms with Gasteiger partial charge < -0.3 is 9.80 Å². The van der Waals surface area contributed by atoms with Crippen LogP contribution in [0.4, 0.5) is 26.3 Å². The second kappa shape index (κ2) is 10.5. The topological polar surface area (TPSA) is 23.6 Å². The molecule has 2 aliphatic heterocycles. The lowest BCUT2D eigenvalue weighted by atomic mass is 9.67. The minimum absolute atomic E-state index is 0.0169. The molecule has 41 heavy (non-hydrogen) atoms. The summed E-state index contributed by atoms with van der Waals surface area (Å²) in [4.78, 5) is 17.6. The van der Waals surface area contributed by atoms with Gasteiger partial charge in [0.1, 0.15) is 0 Å². The van der Waals surface area contributed by atoms with Crippen molar-refractivity contribution in [2.24, 2.45) is 17.3 Å². The first-order valence-corrected chi connectivity index (χ1v) is 14.2. The van der Waals surface area contributed by atoms with Crippen LogP contribution < -0.4 is 0 Å². The molecule has 3 aliphatic rings. The number of nitrogens with zero attached hydrogens (tertiary/aromatic N) is 2. The Hall–Kier alpha value is -2.81. The predicted molar refractivity (Wildman–Crippen MR) is 146 cm³/mol. The SMILES string of the molecule is CC(C)C1(CCN2CC[C@@]3(C=Cc4ccccc43)C(C)C2)CCN(Cc2cc(C(F)(F)F)cc(C(F)(F)F)c2)C1=O. The van der Waals surface area contributed by atoms with Gasteiger partial charge in [-0.3, -0.25) is 4.79 Å². The van der Waals surface area contributed by atoms with Crippen molar-refractivity contribution in [3.8, 4) is 0 Å². The number of alkyl halides is 6. The van der Waals surface area contributed by atoms with Crippen LogP contribution in [-0.2, 0) is 29.1 Å². The maximum atomic E-state index is 13.8. The molecule has 2 aromatic carbocycles. The Morgan fingerprint density at radius 2 is 1.61 bits per heavy atom. The number of likely N-dealkylation sites (tertiary alicyclic amines) is 2. The monoisotopic (exact) mass is 578 g/mol. The number of rotatable bonds is 6. The molecule has 5 rings (SSSR count). The summed E-state index contributed by atoms with van der Waals surface area (Å²) in [6, 6.07) is 10.1. The van der Waals surface area contributed by atoms with Gasteiger partial charge in [-0.15, -0.1) is 0 Å². The van der Waals surface area contributed by atoms with E-state index in [2.05, 4.69) is 48.2 Å². The highest BCUT2D eigenvalue weighted by molar-refractivity contribution is 5.85. The van der Waals surface area contributed by atoms with Gasteiger partial charge in [0, 0.05) is 25.0 Å². The average Bonchev–Trinajstić information content (AvgIpc) is 3.43. The lowest BCUT2D eigenvalue weighted by Crippen LogP contribution is -2.49. The zero-order valence-corrected chi connectivity index (χ0v) is 23.6. The molecule has 222 valence electrons. The molecule has 2 fully saturated rings. The van der Waals surface area contributed by atoms with Crippen molar-refractivity contribution >= 4 is 12.0 Å². The van der Waals surface area contributed by atoms with Crippen molar-refractivity contribution in [1.29, 1.82) is 0 Å². The molecule has 0 radical (unpaired) electrons. The normalized spacial score (nSPS) is 26.9. The molecule has 1 aliphatic carbocycles. The number of amides is 1. The van der Waals surface area contributed by atoms with Crippen molar-refractivity contribution < 1.29 is 31.1 Å². The zero-order valence-electron chi connectivity index (χ0n) is 23.6. The smallest absolute Gasteiger partial charge is 0.338 e. The van der Waals surface area contributed by atoms with Crippen LogP contribution in [0.1, 0.15) is 67.9 Å². The fraction of sp³-hybridized carbons (Fsp3) is 0.531. The molecular formula is C32H36F6N2O. The number of halogens is 6. The molecule has 0 bridgehead atoms. The minimum Gasteiger partial charge on any atom is -0.338 e. The number of fused-ring (bicyclic) bond motifs is 2. The van der Waals surface area contributed by atoms with E-state index < -0.39 is 28.9 Å². The molecule has 2 saturated heterocycles. The number of benzene rings is 2. The summed E-state index contributed by atoms with van der Waals surface area (Å²) in [5.41, 5.74) is -0.931. The van der Waals surface area contributed by atoms with Gasteiger partial charge in [0.25, 0.3) is 0 Å². The first-order valence-electron chi connectivity index (χ1n) is 14.2. The number of allylic oxidation sites excluding steroid dienone is 1. The average molecular weight is 579 g/mol. The Morgan fingerprint density at radius 3 is 2.22 bits per heavy atom. The summed E-state index contributed by atoms with van der Waals surface area (Å²) in [6.07, 6.45) is -3.19. The van der Waals surface area contributed by atoms with Gasteiger partial charge in [-0.05, 0) is 79.1 Å². The zero-order chi connectivity index (χ0) is 29.8. The van der Waals surface area contributed by atoms with E-state index in [4.69, 9.17) is 0 Å². The highest BCUT2D eigenvalue weighted by Crippen LogP contribution is 2.48. The fourth-order valence-corrected chi connectivity index (χ4v) is 7.23. The molecule has 3 atom stereocenters. The van der Waals surface area contributed by atoms with Crippen LogP contribution in [0.25, 0.3) is 6.08 Å². The van der Waals surface area contributed by atoms with Crippen LogP contribution in [-0.4, -0.2) is 41.9 Å². The summed E-state index contributed by atoms with van der Waals surface area (Å²) in [7, 11) is 0. The van der Waals surface area contributed by atoms with Gasteiger partial charge in [-0.25, -0.2) is 0 Å². The quantitative estimate of drug-likeness (QED) is 0.327. The lowest BCUT2D eigenvalue weighted by Gasteiger charge is -2.45. The Kier molecular flexibility index (Phi) is 7.58. The molecule has 0 aromatic heterocycles. The van der Waals surface area contributed by atoms with E-state index in [1.165, 1.54) is 16.0 Å². The molecule has 0 N–H and O–H groups in total. The molecule has 9 heteroatoms. The molecule has 1 spiro atoms. The number of carbonyl (C=O) groups is 1. The van der Waals surface area contributed by atoms with Gasteiger partial charge in [0.05, 0.1) is 16.5 Å². The maximum Gasteiger partial charge on any atom is 0.416 e. The Morgan fingerprint density at radius 1 is 0.951 bits per heavy atom. The van der Waals surface area contributed by atoms with Crippen LogP contribution in [0.5, 0.6) is 0 Å². The maximum absolute atomic E-state index is 13.8. The third-order valence-electron chi connectivity index (χ3n) is 9.82. The van der Waals surface area contributed by atoms with Crippen LogP contribution in [0.2, 0.25) is 0 Å². The predicted octanol–water partition coefficient (Wildman–Crippen LogP) is 7.80. The second-order valence-electron chi connectivity index (χ2n) is 12.4. The van der Waals surface area contributed by atoms with Crippen LogP contribution >= 0.6 is 0 Å². The standard InChI is InChI=1S/C32H36F6N2O/c1-21(2)29(10-13-39-14-11-30(22(3)19-39)9-8-24-6-4-5-7-27(24)30)12-15-40(28(29)41)20-23-16-25(31(33,34)35)18-26(17-23)32(36,37)38/h4-9,16-18,21-22H,10-15,19-20H2,1-3H3/t22?,29?,30-/m0/s1.